The van der Waals surface area contributed by atoms with Crippen LogP contribution in [0.3, 0.4) is 0 Å². The number of nitrogens with one attached hydrogen (secondary N) is 1. The number of anilines is 2. The van der Waals surface area contributed by atoms with Gasteiger partial charge in [-0.05, 0) is 37.2 Å². The van der Waals surface area contributed by atoms with Gasteiger partial charge in [0.1, 0.15) is 10.8 Å². The average Bonchev–Trinajstić information content (AvgIpc) is 2.53. The van der Waals surface area contributed by atoms with Crippen LogP contribution in [-0.2, 0) is 0 Å². The van der Waals surface area contributed by atoms with Crippen molar-refractivity contribution < 1.29 is 0 Å². The molecule has 4 nitrogen and oxygen atoms in total. The summed E-state index contributed by atoms with van der Waals surface area (Å²) in [6.45, 7) is 3.19. The smallest absolute Gasteiger partial charge is 0.134 e. The fourth-order valence-corrected chi connectivity index (χ4v) is 3.35. The molecule has 1 aliphatic rings. The zero-order valence-corrected chi connectivity index (χ0v) is 12.3. The van der Waals surface area contributed by atoms with E-state index in [1.54, 1.807) is 11.8 Å². The van der Waals surface area contributed by atoms with Crippen LogP contribution in [0.15, 0.2) is 47.8 Å². The molecule has 0 radical (unpaired) electrons. The first-order valence-corrected chi connectivity index (χ1v) is 7.90. The van der Waals surface area contributed by atoms with Gasteiger partial charge in [0.25, 0.3) is 0 Å². The Hall–Kier alpha value is -1.59. The van der Waals surface area contributed by atoms with Crippen LogP contribution in [-0.4, -0.2) is 28.4 Å². The molecule has 3 rings (SSSR count). The molecule has 0 amide bonds. The van der Waals surface area contributed by atoms with Gasteiger partial charge in [-0.2, -0.15) is 0 Å². The molecule has 5 heteroatoms. The molecule has 20 heavy (non-hydrogen) atoms. The number of hydrogen-bond donors (Lipinski definition) is 1. The second kappa shape index (κ2) is 6.24. The van der Waals surface area contributed by atoms with Crippen molar-refractivity contribution in [3.8, 4) is 0 Å². The third-order valence-corrected chi connectivity index (χ3v) is 4.30. The number of fused-ring (bicyclic) bond motifs is 1. The summed E-state index contributed by atoms with van der Waals surface area (Å²) in [6.07, 6.45) is 5.06. The normalized spacial score (nSPS) is 17.9. The van der Waals surface area contributed by atoms with Gasteiger partial charge in [0.15, 0.2) is 0 Å². The van der Waals surface area contributed by atoms with Crippen molar-refractivity contribution >= 4 is 23.3 Å². The first kappa shape index (κ1) is 13.4. The molecule has 0 saturated carbocycles. The van der Waals surface area contributed by atoms with Crippen LogP contribution in [0.5, 0.6) is 0 Å². The van der Waals surface area contributed by atoms with Crippen LogP contribution >= 0.6 is 11.8 Å². The Kier molecular flexibility index (Phi) is 4.18. The third-order valence-electron chi connectivity index (χ3n) is 3.23. The van der Waals surface area contributed by atoms with Crippen LogP contribution in [0, 0.1) is 0 Å². The quantitative estimate of drug-likeness (QED) is 0.935. The van der Waals surface area contributed by atoms with E-state index in [0.29, 0.717) is 0 Å². The lowest BCUT2D eigenvalue weighted by molar-refractivity contribution is 0.548. The van der Waals surface area contributed by atoms with Crippen molar-refractivity contribution in [2.45, 2.75) is 24.5 Å². The molecular formula is C15H18N4S. The largest absolute Gasteiger partial charge is 0.307 e. The second-order valence-electron chi connectivity index (χ2n) is 4.67. The molecule has 0 saturated heterocycles. The maximum atomic E-state index is 4.51. The van der Waals surface area contributed by atoms with Gasteiger partial charge in [-0.3, -0.25) is 5.32 Å². The van der Waals surface area contributed by atoms with E-state index in [9.17, 15) is 0 Å². The number of aromatic nitrogens is 2. The topological polar surface area (TPSA) is 41.1 Å². The summed E-state index contributed by atoms with van der Waals surface area (Å²) in [6, 6.07) is 10.1. The Morgan fingerprint density at radius 1 is 1.25 bits per heavy atom. The maximum absolute atomic E-state index is 4.51. The van der Waals surface area contributed by atoms with Crippen LogP contribution in [0.25, 0.3) is 0 Å². The van der Waals surface area contributed by atoms with E-state index in [2.05, 4.69) is 33.2 Å². The van der Waals surface area contributed by atoms with E-state index in [1.165, 1.54) is 0 Å². The van der Waals surface area contributed by atoms with Gasteiger partial charge in [-0.25, -0.2) is 9.97 Å². The first-order chi connectivity index (χ1) is 9.90. The molecule has 0 fully saturated rings. The summed E-state index contributed by atoms with van der Waals surface area (Å²) in [5, 5.41) is 4.67. The summed E-state index contributed by atoms with van der Waals surface area (Å²) in [5.41, 5.74) is 1.14. The molecule has 0 bridgehead atoms. The SMILES string of the molecule is CCCNC1CSc2ncccc2N1c1ccccn1. The highest BCUT2D eigenvalue weighted by atomic mass is 32.2. The van der Waals surface area contributed by atoms with Crippen molar-refractivity contribution in [1.29, 1.82) is 0 Å². The van der Waals surface area contributed by atoms with Crippen molar-refractivity contribution in [1.82, 2.24) is 15.3 Å². The van der Waals surface area contributed by atoms with Crippen LogP contribution < -0.4 is 10.2 Å². The number of thioether (sulfide) groups is 1. The van der Waals surface area contributed by atoms with E-state index in [4.69, 9.17) is 0 Å². The first-order valence-electron chi connectivity index (χ1n) is 6.91. The van der Waals surface area contributed by atoms with E-state index >= 15 is 0 Å². The Morgan fingerprint density at radius 2 is 2.15 bits per heavy atom. The predicted octanol–water partition coefficient (Wildman–Crippen LogP) is 3.05. The minimum Gasteiger partial charge on any atom is -0.307 e. The molecule has 3 heterocycles. The minimum atomic E-state index is 0.256. The molecule has 2 aromatic heterocycles. The minimum absolute atomic E-state index is 0.256. The molecule has 1 atom stereocenters. The van der Waals surface area contributed by atoms with Crippen LogP contribution in [0.2, 0.25) is 0 Å². The van der Waals surface area contributed by atoms with E-state index in [-0.39, 0.29) is 6.17 Å². The summed E-state index contributed by atoms with van der Waals surface area (Å²) < 4.78 is 0. The second-order valence-corrected chi connectivity index (χ2v) is 5.68. The van der Waals surface area contributed by atoms with Gasteiger partial charge < -0.3 is 4.90 Å². The van der Waals surface area contributed by atoms with Gasteiger partial charge in [-0.15, -0.1) is 11.8 Å². The van der Waals surface area contributed by atoms with Crippen molar-refractivity contribution in [2.75, 3.05) is 17.2 Å². The summed E-state index contributed by atoms with van der Waals surface area (Å²) in [7, 11) is 0. The van der Waals surface area contributed by atoms with Crippen molar-refractivity contribution in [3.63, 3.8) is 0 Å². The van der Waals surface area contributed by atoms with Crippen molar-refractivity contribution in [2.24, 2.45) is 0 Å². The van der Waals surface area contributed by atoms with Gasteiger partial charge in [0, 0.05) is 18.1 Å². The van der Waals surface area contributed by atoms with Gasteiger partial charge in [-0.1, -0.05) is 13.0 Å². The highest BCUT2D eigenvalue weighted by Crippen LogP contribution is 2.38. The highest BCUT2D eigenvalue weighted by Gasteiger charge is 2.28. The lowest BCUT2D eigenvalue weighted by Crippen LogP contribution is -2.47. The van der Waals surface area contributed by atoms with E-state index in [1.807, 2.05) is 36.7 Å². The fourth-order valence-electron chi connectivity index (χ4n) is 2.32. The standard InChI is InChI=1S/C15H18N4S/c1-2-8-16-14-11-20-15-12(6-5-10-18-15)19(14)13-7-3-4-9-17-13/h3-7,9-10,14,16H,2,8,11H2,1H3. The zero-order valence-electron chi connectivity index (χ0n) is 11.5. The predicted molar refractivity (Wildman–Crippen MR) is 83.4 cm³/mol. The lowest BCUT2D eigenvalue weighted by Gasteiger charge is -2.37. The molecule has 0 aliphatic carbocycles. The van der Waals surface area contributed by atoms with Crippen molar-refractivity contribution in [3.05, 3.63) is 42.7 Å². The van der Waals surface area contributed by atoms with Gasteiger partial charge in [0.05, 0.1) is 11.9 Å². The molecule has 104 valence electrons. The van der Waals surface area contributed by atoms with Crippen LogP contribution in [0.1, 0.15) is 13.3 Å². The van der Waals surface area contributed by atoms with Gasteiger partial charge in [0.2, 0.25) is 0 Å². The Morgan fingerprint density at radius 3 is 2.95 bits per heavy atom. The van der Waals surface area contributed by atoms with Crippen LogP contribution in [0.4, 0.5) is 11.5 Å². The number of nitrogens with zero attached hydrogens (tertiary/aromatic N) is 3. The molecule has 0 aromatic carbocycles. The molecule has 0 spiro atoms. The monoisotopic (exact) mass is 286 g/mol. The molecule has 2 aromatic rings. The fraction of sp³-hybridized carbons (Fsp3) is 0.333. The Labute approximate surface area is 123 Å². The summed E-state index contributed by atoms with van der Waals surface area (Å²) in [4.78, 5) is 11.2. The molecular weight excluding hydrogens is 268 g/mol. The summed E-state index contributed by atoms with van der Waals surface area (Å²) >= 11 is 1.80. The number of pyridine rings is 2. The van der Waals surface area contributed by atoms with E-state index in [0.717, 1.165) is 35.2 Å². The number of hydrogen-bond acceptors (Lipinski definition) is 5. The highest BCUT2D eigenvalue weighted by molar-refractivity contribution is 7.99. The number of rotatable bonds is 4. The molecule has 1 unspecified atom stereocenters. The maximum Gasteiger partial charge on any atom is 0.134 e. The Balaban J connectivity index is 1.98. The molecule has 1 aliphatic heterocycles. The van der Waals surface area contributed by atoms with E-state index < -0.39 is 0 Å². The summed E-state index contributed by atoms with van der Waals surface area (Å²) in [5.74, 6) is 1.94. The third kappa shape index (κ3) is 2.64. The Bertz CT molecular complexity index is 561. The lowest BCUT2D eigenvalue weighted by atomic mass is 10.3. The average molecular weight is 286 g/mol. The van der Waals surface area contributed by atoms with Gasteiger partial charge >= 0.3 is 0 Å². The molecule has 1 N–H and O–H groups in total. The zero-order chi connectivity index (χ0) is 13.8.